The van der Waals surface area contributed by atoms with Gasteiger partial charge in [0, 0.05) is 11.9 Å². The molecular weight excluding hydrogens is 190 g/mol. The lowest BCUT2D eigenvalue weighted by Crippen LogP contribution is -2.24. The van der Waals surface area contributed by atoms with Crippen molar-refractivity contribution in [3.63, 3.8) is 0 Å². The Kier molecular flexibility index (Phi) is 10.2. The smallest absolute Gasteiger partial charge is 0.0458 e. The Balaban J connectivity index is 2.90. The van der Waals surface area contributed by atoms with Gasteiger partial charge in [0.2, 0.25) is 0 Å². The lowest BCUT2D eigenvalue weighted by atomic mass is 10.3. The van der Waals surface area contributed by atoms with E-state index in [0.29, 0.717) is 5.38 Å². The molecule has 0 aromatic carbocycles. The number of hydrogen-bond donors (Lipinski definition) is 1. The first kappa shape index (κ1) is 12.6. The molecule has 0 saturated heterocycles. The van der Waals surface area contributed by atoms with Crippen molar-refractivity contribution >= 4 is 23.4 Å². The Bertz CT molecular complexity index is 90.6. The highest BCUT2D eigenvalue weighted by molar-refractivity contribution is 7.99. The monoisotopic (exact) mass is 209 g/mol. The highest BCUT2D eigenvalue weighted by Crippen LogP contribution is 2.00. The second-order valence-electron chi connectivity index (χ2n) is 2.76. The van der Waals surface area contributed by atoms with E-state index in [0.717, 1.165) is 19.5 Å². The van der Waals surface area contributed by atoms with Gasteiger partial charge >= 0.3 is 0 Å². The van der Waals surface area contributed by atoms with Gasteiger partial charge in [-0.1, -0.05) is 13.8 Å². The molecule has 0 aliphatic rings. The molecule has 0 amide bonds. The average Bonchev–Trinajstić information content (AvgIpc) is 2.10. The summed E-state index contributed by atoms with van der Waals surface area (Å²) >= 11 is 7.94. The molecule has 0 bridgehead atoms. The molecule has 1 N–H and O–H groups in total. The van der Waals surface area contributed by atoms with Gasteiger partial charge in [0.25, 0.3) is 0 Å². The zero-order valence-electron chi connectivity index (χ0n) is 8.11. The summed E-state index contributed by atoms with van der Waals surface area (Å²) in [7, 11) is 0. The number of alkyl halides is 1. The van der Waals surface area contributed by atoms with Crippen LogP contribution in [0.3, 0.4) is 0 Å². The maximum Gasteiger partial charge on any atom is 0.0458 e. The number of thioether (sulfide) groups is 1. The second-order valence-corrected chi connectivity index (χ2v) is 4.77. The summed E-state index contributed by atoms with van der Waals surface area (Å²) < 4.78 is 0. The standard InChI is InChI=1S/C9H20ClNS/c1-3-9(10)8-11-6-5-7-12-4-2/h9,11H,3-8H2,1-2H3. The van der Waals surface area contributed by atoms with Crippen molar-refractivity contribution in [1.82, 2.24) is 5.32 Å². The molecule has 0 heterocycles. The SMILES string of the molecule is CCSCCCNCC(Cl)CC. The van der Waals surface area contributed by atoms with E-state index in [1.165, 1.54) is 17.9 Å². The van der Waals surface area contributed by atoms with Crippen LogP contribution >= 0.6 is 23.4 Å². The molecule has 3 heteroatoms. The van der Waals surface area contributed by atoms with Crippen molar-refractivity contribution in [1.29, 1.82) is 0 Å². The van der Waals surface area contributed by atoms with Crippen molar-refractivity contribution in [2.45, 2.75) is 32.1 Å². The zero-order valence-corrected chi connectivity index (χ0v) is 9.68. The van der Waals surface area contributed by atoms with Crippen LogP contribution in [-0.2, 0) is 0 Å². The van der Waals surface area contributed by atoms with Gasteiger partial charge in [-0.05, 0) is 30.9 Å². The average molecular weight is 210 g/mol. The lowest BCUT2D eigenvalue weighted by molar-refractivity contribution is 0.640. The van der Waals surface area contributed by atoms with Crippen molar-refractivity contribution in [3.05, 3.63) is 0 Å². The van der Waals surface area contributed by atoms with Gasteiger partial charge < -0.3 is 5.32 Å². The van der Waals surface area contributed by atoms with Gasteiger partial charge in [-0.15, -0.1) is 11.6 Å². The Hall–Kier alpha value is 0.600. The van der Waals surface area contributed by atoms with Crippen LogP contribution in [0.15, 0.2) is 0 Å². The maximum absolute atomic E-state index is 5.94. The first-order valence-electron chi connectivity index (χ1n) is 4.73. The lowest BCUT2D eigenvalue weighted by Gasteiger charge is -2.07. The molecule has 1 unspecified atom stereocenters. The van der Waals surface area contributed by atoms with Crippen LogP contribution in [0, 0.1) is 0 Å². The Morgan fingerprint density at radius 3 is 2.75 bits per heavy atom. The van der Waals surface area contributed by atoms with Crippen LogP contribution in [-0.4, -0.2) is 30.0 Å². The minimum absolute atomic E-state index is 0.309. The number of halogens is 1. The number of nitrogens with one attached hydrogen (secondary N) is 1. The third kappa shape index (κ3) is 8.69. The quantitative estimate of drug-likeness (QED) is 0.488. The van der Waals surface area contributed by atoms with Gasteiger partial charge in [0.15, 0.2) is 0 Å². The zero-order chi connectivity index (χ0) is 9.23. The fraction of sp³-hybridized carbons (Fsp3) is 1.00. The van der Waals surface area contributed by atoms with E-state index in [1.807, 2.05) is 11.8 Å². The van der Waals surface area contributed by atoms with E-state index in [-0.39, 0.29) is 0 Å². The van der Waals surface area contributed by atoms with Gasteiger partial charge in [-0.2, -0.15) is 11.8 Å². The summed E-state index contributed by atoms with van der Waals surface area (Å²) in [6, 6.07) is 0. The molecule has 0 fully saturated rings. The molecule has 1 nitrogen and oxygen atoms in total. The summed E-state index contributed by atoms with van der Waals surface area (Å²) in [6.07, 6.45) is 2.31. The van der Waals surface area contributed by atoms with Crippen molar-refractivity contribution < 1.29 is 0 Å². The molecule has 0 saturated carbocycles. The van der Waals surface area contributed by atoms with Gasteiger partial charge in [-0.25, -0.2) is 0 Å². The minimum atomic E-state index is 0.309. The summed E-state index contributed by atoms with van der Waals surface area (Å²) in [6.45, 7) is 6.38. The third-order valence-electron chi connectivity index (χ3n) is 1.66. The van der Waals surface area contributed by atoms with Crippen LogP contribution in [0.5, 0.6) is 0 Å². The second kappa shape index (κ2) is 9.69. The molecule has 1 atom stereocenters. The van der Waals surface area contributed by atoms with E-state index in [2.05, 4.69) is 19.2 Å². The van der Waals surface area contributed by atoms with E-state index in [4.69, 9.17) is 11.6 Å². The fourth-order valence-electron chi connectivity index (χ4n) is 0.847. The van der Waals surface area contributed by atoms with Crippen molar-refractivity contribution in [2.24, 2.45) is 0 Å². The van der Waals surface area contributed by atoms with Crippen LogP contribution in [0.25, 0.3) is 0 Å². The molecule has 0 rings (SSSR count). The highest BCUT2D eigenvalue weighted by atomic mass is 35.5. The van der Waals surface area contributed by atoms with E-state index in [1.54, 1.807) is 0 Å². The summed E-state index contributed by atoms with van der Waals surface area (Å²) in [5, 5.41) is 3.66. The molecule has 0 aromatic rings. The van der Waals surface area contributed by atoms with Crippen molar-refractivity contribution in [3.8, 4) is 0 Å². The highest BCUT2D eigenvalue weighted by Gasteiger charge is 1.98. The number of rotatable bonds is 8. The summed E-state index contributed by atoms with van der Waals surface area (Å²) in [5.41, 5.74) is 0. The molecule has 0 aliphatic carbocycles. The molecule has 74 valence electrons. The number of hydrogen-bond acceptors (Lipinski definition) is 2. The Morgan fingerprint density at radius 2 is 2.17 bits per heavy atom. The van der Waals surface area contributed by atoms with Gasteiger partial charge in [0.05, 0.1) is 0 Å². The van der Waals surface area contributed by atoms with Crippen LogP contribution in [0.2, 0.25) is 0 Å². The maximum atomic E-state index is 5.94. The summed E-state index contributed by atoms with van der Waals surface area (Å²) in [4.78, 5) is 0. The molecule has 0 radical (unpaired) electrons. The Morgan fingerprint density at radius 1 is 1.42 bits per heavy atom. The van der Waals surface area contributed by atoms with E-state index >= 15 is 0 Å². The van der Waals surface area contributed by atoms with Gasteiger partial charge in [0.1, 0.15) is 0 Å². The molecule has 12 heavy (non-hydrogen) atoms. The molecule has 0 spiro atoms. The van der Waals surface area contributed by atoms with Crippen molar-refractivity contribution in [2.75, 3.05) is 24.6 Å². The normalized spacial score (nSPS) is 13.2. The predicted octanol–water partition coefficient (Wildman–Crippen LogP) is 2.74. The minimum Gasteiger partial charge on any atom is -0.315 e. The largest absolute Gasteiger partial charge is 0.315 e. The topological polar surface area (TPSA) is 12.0 Å². The van der Waals surface area contributed by atoms with E-state index in [9.17, 15) is 0 Å². The first-order chi connectivity index (χ1) is 5.81. The molecular formula is C9H20ClNS. The van der Waals surface area contributed by atoms with Crippen LogP contribution in [0.1, 0.15) is 26.7 Å². The molecule has 0 aromatic heterocycles. The third-order valence-corrected chi connectivity index (χ3v) is 3.10. The molecule has 0 aliphatic heterocycles. The van der Waals surface area contributed by atoms with E-state index < -0.39 is 0 Å². The summed E-state index contributed by atoms with van der Waals surface area (Å²) in [5.74, 6) is 2.50. The van der Waals surface area contributed by atoms with Crippen LogP contribution in [0.4, 0.5) is 0 Å². The Labute approximate surface area is 85.6 Å². The van der Waals surface area contributed by atoms with Crippen LogP contribution < -0.4 is 5.32 Å². The fourth-order valence-corrected chi connectivity index (χ4v) is 1.59. The first-order valence-corrected chi connectivity index (χ1v) is 6.32. The predicted molar refractivity (Wildman–Crippen MR) is 60.4 cm³/mol. The van der Waals surface area contributed by atoms with Gasteiger partial charge in [-0.3, -0.25) is 0 Å².